The molecule has 1 rings (SSSR count). The van der Waals surface area contributed by atoms with Gasteiger partial charge in [0.2, 0.25) is 5.91 Å². The van der Waals surface area contributed by atoms with Crippen molar-refractivity contribution >= 4 is 33.6 Å². The summed E-state index contributed by atoms with van der Waals surface area (Å²) in [4.78, 5) is 17.8. The number of nitrogens with zero attached hydrogens (tertiary/aromatic N) is 3. The van der Waals surface area contributed by atoms with Gasteiger partial charge in [-0.05, 0) is 35.0 Å². The summed E-state index contributed by atoms with van der Waals surface area (Å²) < 4.78 is 0.884. The van der Waals surface area contributed by atoms with Crippen LogP contribution in [0.15, 0.2) is 27.8 Å². The summed E-state index contributed by atoms with van der Waals surface area (Å²) in [6.07, 6.45) is 2.05. The smallest absolute Gasteiger partial charge is 0.235 e. The molecule has 1 atom stereocenters. The molecular formula is C12H14BrN3OS. The van der Waals surface area contributed by atoms with Gasteiger partial charge >= 0.3 is 0 Å². The summed E-state index contributed by atoms with van der Waals surface area (Å²) in [5, 5.41) is 9.07. The SMILES string of the molecule is C[C@H](Sc1ncccc1Br)C(=O)N(C)CCC#N. The molecule has 6 heteroatoms. The average Bonchev–Trinajstić information content (AvgIpc) is 2.37. The van der Waals surface area contributed by atoms with Crippen LogP contribution in [0.5, 0.6) is 0 Å². The van der Waals surface area contributed by atoms with Crippen molar-refractivity contribution in [3.63, 3.8) is 0 Å². The summed E-state index contributed by atoms with van der Waals surface area (Å²) in [6.45, 7) is 2.31. The van der Waals surface area contributed by atoms with Crippen molar-refractivity contribution in [2.24, 2.45) is 0 Å². The van der Waals surface area contributed by atoms with Gasteiger partial charge in [-0.3, -0.25) is 4.79 Å². The first kappa shape index (κ1) is 15.0. The van der Waals surface area contributed by atoms with Crippen molar-refractivity contribution in [1.29, 1.82) is 5.26 Å². The zero-order valence-corrected chi connectivity index (χ0v) is 12.7. The average molecular weight is 328 g/mol. The van der Waals surface area contributed by atoms with Gasteiger partial charge in [0, 0.05) is 24.3 Å². The molecule has 0 aliphatic carbocycles. The lowest BCUT2D eigenvalue weighted by Crippen LogP contribution is -2.33. The lowest BCUT2D eigenvalue weighted by Gasteiger charge is -2.19. The van der Waals surface area contributed by atoms with Crippen LogP contribution in [-0.2, 0) is 4.79 Å². The molecule has 1 amide bonds. The molecule has 0 fully saturated rings. The van der Waals surface area contributed by atoms with Gasteiger partial charge in [0.1, 0.15) is 5.03 Å². The van der Waals surface area contributed by atoms with E-state index in [1.165, 1.54) is 11.8 Å². The Morgan fingerprint density at radius 1 is 1.72 bits per heavy atom. The lowest BCUT2D eigenvalue weighted by atomic mass is 10.3. The van der Waals surface area contributed by atoms with Crippen LogP contribution in [0.1, 0.15) is 13.3 Å². The van der Waals surface area contributed by atoms with Crippen molar-refractivity contribution in [3.8, 4) is 6.07 Å². The molecular weight excluding hydrogens is 314 g/mol. The minimum Gasteiger partial charge on any atom is -0.344 e. The second-order valence-corrected chi connectivity index (χ2v) is 5.90. The highest BCUT2D eigenvalue weighted by Gasteiger charge is 2.19. The maximum atomic E-state index is 12.0. The molecule has 0 spiro atoms. The molecule has 0 radical (unpaired) electrons. The molecule has 1 aromatic rings. The summed E-state index contributed by atoms with van der Waals surface area (Å²) in [6, 6.07) is 5.76. The number of halogens is 1. The number of pyridine rings is 1. The highest BCUT2D eigenvalue weighted by molar-refractivity contribution is 9.10. The minimum absolute atomic E-state index is 0.00723. The van der Waals surface area contributed by atoms with Gasteiger partial charge in [0.05, 0.1) is 17.7 Å². The van der Waals surface area contributed by atoms with E-state index in [1.807, 2.05) is 25.1 Å². The molecule has 0 aliphatic heterocycles. The van der Waals surface area contributed by atoms with E-state index in [2.05, 4.69) is 20.9 Å². The fraction of sp³-hybridized carbons (Fsp3) is 0.417. The molecule has 1 heterocycles. The van der Waals surface area contributed by atoms with E-state index in [1.54, 1.807) is 18.1 Å². The number of rotatable bonds is 5. The molecule has 0 saturated heterocycles. The van der Waals surface area contributed by atoms with Gasteiger partial charge in [-0.2, -0.15) is 5.26 Å². The summed E-state index contributed by atoms with van der Waals surface area (Å²) >= 11 is 4.81. The number of carbonyl (C=O) groups is 1. The second-order valence-electron chi connectivity index (χ2n) is 3.72. The molecule has 18 heavy (non-hydrogen) atoms. The van der Waals surface area contributed by atoms with Gasteiger partial charge in [-0.15, -0.1) is 0 Å². The Labute approximate surface area is 120 Å². The first-order valence-electron chi connectivity index (χ1n) is 5.45. The number of hydrogen-bond donors (Lipinski definition) is 0. The lowest BCUT2D eigenvalue weighted by molar-refractivity contribution is -0.128. The third-order valence-electron chi connectivity index (χ3n) is 2.30. The van der Waals surface area contributed by atoms with E-state index in [-0.39, 0.29) is 11.2 Å². The molecule has 0 unspecified atom stereocenters. The molecule has 4 nitrogen and oxygen atoms in total. The molecule has 1 aromatic heterocycles. The number of aromatic nitrogens is 1. The Bertz CT molecular complexity index is 461. The molecule has 0 saturated carbocycles. The zero-order chi connectivity index (χ0) is 13.5. The van der Waals surface area contributed by atoms with Gasteiger partial charge in [-0.1, -0.05) is 11.8 Å². The number of hydrogen-bond acceptors (Lipinski definition) is 4. The first-order chi connectivity index (χ1) is 8.56. The Morgan fingerprint density at radius 2 is 2.44 bits per heavy atom. The molecule has 0 N–H and O–H groups in total. The topological polar surface area (TPSA) is 57.0 Å². The van der Waals surface area contributed by atoms with E-state index in [0.717, 1.165) is 9.50 Å². The second kappa shape index (κ2) is 7.39. The third kappa shape index (κ3) is 4.31. The molecule has 0 aromatic carbocycles. The summed E-state index contributed by atoms with van der Waals surface area (Å²) in [5.74, 6) is 0.00723. The molecule has 0 bridgehead atoms. The van der Waals surface area contributed by atoms with Crippen molar-refractivity contribution < 1.29 is 4.79 Å². The zero-order valence-electron chi connectivity index (χ0n) is 10.3. The van der Waals surface area contributed by atoms with Crippen molar-refractivity contribution in [2.75, 3.05) is 13.6 Å². The largest absolute Gasteiger partial charge is 0.344 e. The van der Waals surface area contributed by atoms with Gasteiger partial charge in [0.25, 0.3) is 0 Å². The van der Waals surface area contributed by atoms with Gasteiger partial charge < -0.3 is 4.90 Å². The standard InChI is InChI=1S/C12H14BrN3OS/c1-9(12(17)16(2)8-4-6-14)18-11-10(13)5-3-7-15-11/h3,5,7,9H,4,8H2,1-2H3/t9-/m0/s1. The highest BCUT2D eigenvalue weighted by atomic mass is 79.9. The quantitative estimate of drug-likeness (QED) is 0.780. The van der Waals surface area contributed by atoms with E-state index < -0.39 is 0 Å². The van der Waals surface area contributed by atoms with Crippen LogP contribution in [0.4, 0.5) is 0 Å². The number of thioether (sulfide) groups is 1. The van der Waals surface area contributed by atoms with Crippen molar-refractivity contribution in [3.05, 3.63) is 22.8 Å². The Balaban J connectivity index is 2.60. The van der Waals surface area contributed by atoms with Crippen LogP contribution in [0.25, 0.3) is 0 Å². The van der Waals surface area contributed by atoms with Gasteiger partial charge in [0.15, 0.2) is 0 Å². The summed E-state index contributed by atoms with van der Waals surface area (Å²) in [7, 11) is 1.71. The van der Waals surface area contributed by atoms with E-state index in [4.69, 9.17) is 5.26 Å². The van der Waals surface area contributed by atoms with Crippen molar-refractivity contribution in [1.82, 2.24) is 9.88 Å². The number of carbonyl (C=O) groups excluding carboxylic acids is 1. The number of nitriles is 1. The predicted octanol–water partition coefficient (Wildman–Crippen LogP) is 2.70. The Morgan fingerprint density at radius 3 is 3.06 bits per heavy atom. The number of amides is 1. The molecule has 96 valence electrons. The van der Waals surface area contributed by atoms with Gasteiger partial charge in [-0.25, -0.2) is 4.98 Å². The fourth-order valence-corrected chi connectivity index (χ4v) is 2.77. The maximum Gasteiger partial charge on any atom is 0.235 e. The first-order valence-corrected chi connectivity index (χ1v) is 7.12. The summed E-state index contributed by atoms with van der Waals surface area (Å²) in [5.41, 5.74) is 0. The highest BCUT2D eigenvalue weighted by Crippen LogP contribution is 2.28. The maximum absolute atomic E-state index is 12.0. The van der Waals surface area contributed by atoms with Crippen LogP contribution >= 0.6 is 27.7 Å². The third-order valence-corrected chi connectivity index (χ3v) is 4.30. The normalized spacial score (nSPS) is 11.7. The van der Waals surface area contributed by atoms with Crippen molar-refractivity contribution in [2.45, 2.75) is 23.6 Å². The Hall–Kier alpha value is -1.06. The molecule has 0 aliphatic rings. The van der Waals surface area contributed by atoms with Crippen LogP contribution in [-0.4, -0.2) is 34.6 Å². The monoisotopic (exact) mass is 327 g/mol. The Kier molecular flexibility index (Phi) is 6.16. The van der Waals surface area contributed by atoms with E-state index in [0.29, 0.717) is 13.0 Å². The minimum atomic E-state index is -0.222. The fourth-order valence-electron chi connectivity index (χ4n) is 1.31. The van der Waals surface area contributed by atoms with E-state index >= 15 is 0 Å². The van der Waals surface area contributed by atoms with Crippen LogP contribution < -0.4 is 0 Å². The van der Waals surface area contributed by atoms with Crippen LogP contribution in [0.2, 0.25) is 0 Å². The van der Waals surface area contributed by atoms with Crippen LogP contribution in [0, 0.1) is 11.3 Å². The predicted molar refractivity (Wildman–Crippen MR) is 75.1 cm³/mol. The van der Waals surface area contributed by atoms with Crippen LogP contribution in [0.3, 0.4) is 0 Å². The van der Waals surface area contributed by atoms with E-state index in [9.17, 15) is 4.79 Å².